The number of benzene rings is 1. The second-order valence-corrected chi connectivity index (χ2v) is 7.00. The molecule has 1 saturated heterocycles. The fraction of sp³-hybridized carbons (Fsp3) is 0.286. The summed E-state index contributed by atoms with van der Waals surface area (Å²) in [6.45, 7) is 5.38. The lowest BCUT2D eigenvalue weighted by molar-refractivity contribution is 0.148. The Labute approximate surface area is 158 Å². The molecule has 1 fully saturated rings. The Morgan fingerprint density at radius 1 is 1.04 bits per heavy atom. The molecule has 1 aliphatic heterocycles. The Bertz CT molecular complexity index is 944. The van der Waals surface area contributed by atoms with Crippen LogP contribution in [0.5, 0.6) is 0 Å². The van der Waals surface area contributed by atoms with Crippen LogP contribution < -0.4 is 5.56 Å². The highest BCUT2D eigenvalue weighted by molar-refractivity contribution is 5.62. The maximum atomic E-state index is 12.1. The Morgan fingerprint density at radius 3 is 2.52 bits per heavy atom. The number of pyridine rings is 1. The number of hydrogen-bond acceptors (Lipinski definition) is 5. The Morgan fingerprint density at radius 2 is 1.81 bits per heavy atom. The molecule has 0 radical (unpaired) electrons. The maximum Gasteiger partial charge on any atom is 0.251 e. The highest BCUT2D eigenvalue weighted by Gasteiger charge is 2.14. The average molecular weight is 361 g/mol. The summed E-state index contributed by atoms with van der Waals surface area (Å²) in [4.78, 5) is 28.5. The molecule has 1 N–H and O–H groups in total. The predicted octanol–water partition coefficient (Wildman–Crippen LogP) is 2.25. The summed E-state index contributed by atoms with van der Waals surface area (Å²) in [5.41, 5.74) is 3.47. The second-order valence-electron chi connectivity index (χ2n) is 7.00. The summed E-state index contributed by atoms with van der Waals surface area (Å²) in [7, 11) is 2.17. The zero-order chi connectivity index (χ0) is 18.6. The van der Waals surface area contributed by atoms with E-state index in [1.54, 1.807) is 12.4 Å². The van der Waals surface area contributed by atoms with E-state index >= 15 is 0 Å². The summed E-state index contributed by atoms with van der Waals surface area (Å²) in [6, 6.07) is 13.5. The Balaban J connectivity index is 1.54. The summed E-state index contributed by atoms with van der Waals surface area (Å²) in [5, 5.41) is 0. The van der Waals surface area contributed by atoms with Crippen molar-refractivity contribution in [1.82, 2.24) is 24.8 Å². The van der Waals surface area contributed by atoms with E-state index < -0.39 is 0 Å². The summed E-state index contributed by atoms with van der Waals surface area (Å²) >= 11 is 0. The van der Waals surface area contributed by atoms with Gasteiger partial charge in [0, 0.05) is 62.3 Å². The lowest BCUT2D eigenvalue weighted by Crippen LogP contribution is -2.43. The van der Waals surface area contributed by atoms with E-state index in [9.17, 15) is 4.79 Å². The summed E-state index contributed by atoms with van der Waals surface area (Å²) in [6.07, 6.45) is 3.42. The standard InChI is InChI=1S/C21H23N5O/c1-25-9-11-26(12-10-25)15-16-4-6-17(7-5-16)21-23-19(13-20(27)24-21)18-3-2-8-22-14-18/h2-8,13-14H,9-12,15H2,1H3,(H,23,24,27). The second kappa shape index (κ2) is 7.82. The van der Waals surface area contributed by atoms with Gasteiger partial charge in [-0.25, -0.2) is 4.98 Å². The van der Waals surface area contributed by atoms with Crippen LogP contribution in [0.2, 0.25) is 0 Å². The molecule has 2 aromatic heterocycles. The fourth-order valence-electron chi connectivity index (χ4n) is 3.29. The van der Waals surface area contributed by atoms with Crippen molar-refractivity contribution >= 4 is 0 Å². The van der Waals surface area contributed by atoms with E-state index in [1.807, 2.05) is 24.3 Å². The van der Waals surface area contributed by atoms with Gasteiger partial charge >= 0.3 is 0 Å². The molecule has 3 heterocycles. The number of nitrogens with zero attached hydrogens (tertiary/aromatic N) is 4. The van der Waals surface area contributed by atoms with Gasteiger partial charge < -0.3 is 9.88 Å². The van der Waals surface area contributed by atoms with Gasteiger partial charge in [0.2, 0.25) is 0 Å². The predicted molar refractivity (Wildman–Crippen MR) is 106 cm³/mol. The third-order valence-corrected chi connectivity index (χ3v) is 4.93. The monoisotopic (exact) mass is 361 g/mol. The highest BCUT2D eigenvalue weighted by Crippen LogP contribution is 2.20. The van der Waals surface area contributed by atoms with E-state index in [4.69, 9.17) is 0 Å². The smallest absolute Gasteiger partial charge is 0.251 e. The van der Waals surface area contributed by atoms with Crippen molar-refractivity contribution in [3.05, 3.63) is 70.8 Å². The molecule has 3 aromatic rings. The molecule has 138 valence electrons. The molecular formula is C21H23N5O. The number of likely N-dealkylation sites (N-methyl/N-ethyl adjacent to an activating group) is 1. The first-order valence-corrected chi connectivity index (χ1v) is 9.19. The van der Waals surface area contributed by atoms with Crippen LogP contribution in [-0.2, 0) is 6.54 Å². The highest BCUT2D eigenvalue weighted by atomic mass is 16.1. The van der Waals surface area contributed by atoms with Gasteiger partial charge in [-0.15, -0.1) is 0 Å². The van der Waals surface area contributed by atoms with Crippen LogP contribution >= 0.6 is 0 Å². The van der Waals surface area contributed by atoms with Crippen molar-refractivity contribution in [2.45, 2.75) is 6.54 Å². The quantitative estimate of drug-likeness (QED) is 0.772. The molecule has 0 spiro atoms. The summed E-state index contributed by atoms with van der Waals surface area (Å²) in [5.74, 6) is 0.576. The summed E-state index contributed by atoms with van der Waals surface area (Å²) < 4.78 is 0. The van der Waals surface area contributed by atoms with Crippen molar-refractivity contribution in [3.63, 3.8) is 0 Å². The molecule has 0 amide bonds. The Kier molecular flexibility index (Phi) is 5.09. The zero-order valence-electron chi connectivity index (χ0n) is 15.4. The zero-order valence-corrected chi connectivity index (χ0v) is 15.4. The van der Waals surface area contributed by atoms with Crippen LogP contribution in [0, 0.1) is 0 Å². The first-order chi connectivity index (χ1) is 13.2. The largest absolute Gasteiger partial charge is 0.306 e. The fourth-order valence-corrected chi connectivity index (χ4v) is 3.29. The molecule has 0 aliphatic carbocycles. The number of piperazine rings is 1. The van der Waals surface area contributed by atoms with Gasteiger partial charge in [-0.05, 0) is 24.7 Å². The molecule has 0 atom stereocenters. The molecule has 1 aliphatic rings. The molecule has 0 unspecified atom stereocenters. The molecule has 6 nitrogen and oxygen atoms in total. The lowest BCUT2D eigenvalue weighted by atomic mass is 10.1. The third kappa shape index (κ3) is 4.30. The van der Waals surface area contributed by atoms with Gasteiger partial charge in [-0.2, -0.15) is 0 Å². The van der Waals surface area contributed by atoms with E-state index in [2.05, 4.69) is 43.9 Å². The van der Waals surface area contributed by atoms with Crippen molar-refractivity contribution in [2.75, 3.05) is 33.2 Å². The molecule has 4 rings (SSSR count). The van der Waals surface area contributed by atoms with Crippen molar-refractivity contribution in [2.24, 2.45) is 0 Å². The van der Waals surface area contributed by atoms with Crippen LogP contribution in [0.4, 0.5) is 0 Å². The van der Waals surface area contributed by atoms with Crippen LogP contribution in [0.3, 0.4) is 0 Å². The SMILES string of the molecule is CN1CCN(Cc2ccc(-c3nc(-c4cccnc4)cc(=O)[nH]3)cc2)CC1. The molecular weight excluding hydrogens is 338 g/mol. The minimum Gasteiger partial charge on any atom is -0.306 e. The van der Waals surface area contributed by atoms with E-state index in [0.29, 0.717) is 11.5 Å². The van der Waals surface area contributed by atoms with Gasteiger partial charge in [0.15, 0.2) is 0 Å². The lowest BCUT2D eigenvalue weighted by Gasteiger charge is -2.32. The van der Waals surface area contributed by atoms with Gasteiger partial charge in [0.25, 0.3) is 5.56 Å². The van der Waals surface area contributed by atoms with Gasteiger partial charge in [-0.3, -0.25) is 14.7 Å². The first kappa shape index (κ1) is 17.6. The number of aromatic amines is 1. The van der Waals surface area contributed by atoms with E-state index in [-0.39, 0.29) is 5.56 Å². The molecule has 0 saturated carbocycles. The topological polar surface area (TPSA) is 65.1 Å². The van der Waals surface area contributed by atoms with Crippen LogP contribution in [-0.4, -0.2) is 58.0 Å². The molecule has 1 aromatic carbocycles. The third-order valence-electron chi connectivity index (χ3n) is 4.93. The average Bonchev–Trinajstić information content (AvgIpc) is 2.70. The molecule has 6 heteroatoms. The van der Waals surface area contributed by atoms with Gasteiger partial charge in [0.1, 0.15) is 5.82 Å². The Hall–Kier alpha value is -2.83. The van der Waals surface area contributed by atoms with Crippen LogP contribution in [0.25, 0.3) is 22.6 Å². The maximum absolute atomic E-state index is 12.1. The number of H-pyrrole nitrogens is 1. The number of nitrogens with one attached hydrogen (secondary N) is 1. The normalized spacial score (nSPS) is 15.7. The van der Waals surface area contributed by atoms with Crippen molar-refractivity contribution in [1.29, 1.82) is 0 Å². The van der Waals surface area contributed by atoms with E-state index in [0.717, 1.165) is 43.9 Å². The molecule has 27 heavy (non-hydrogen) atoms. The van der Waals surface area contributed by atoms with Gasteiger partial charge in [0.05, 0.1) is 5.69 Å². The number of hydrogen-bond donors (Lipinski definition) is 1. The first-order valence-electron chi connectivity index (χ1n) is 9.19. The minimum atomic E-state index is -0.166. The number of rotatable bonds is 4. The van der Waals surface area contributed by atoms with Crippen molar-refractivity contribution < 1.29 is 0 Å². The number of aromatic nitrogens is 3. The van der Waals surface area contributed by atoms with Crippen molar-refractivity contribution in [3.8, 4) is 22.6 Å². The van der Waals surface area contributed by atoms with Gasteiger partial charge in [-0.1, -0.05) is 24.3 Å². The van der Waals surface area contributed by atoms with E-state index in [1.165, 1.54) is 11.6 Å². The molecule has 0 bridgehead atoms. The van der Waals surface area contributed by atoms with Crippen LogP contribution in [0.1, 0.15) is 5.56 Å². The van der Waals surface area contributed by atoms with Crippen LogP contribution in [0.15, 0.2) is 59.7 Å². The minimum absolute atomic E-state index is 0.166.